The summed E-state index contributed by atoms with van der Waals surface area (Å²) in [7, 11) is 0. The number of aromatic nitrogens is 2. The van der Waals surface area contributed by atoms with Crippen LogP contribution in [-0.2, 0) is 13.1 Å². The quantitative estimate of drug-likeness (QED) is 0.855. The van der Waals surface area contributed by atoms with Crippen molar-refractivity contribution in [3.8, 4) is 0 Å². The molecular weight excluding hydrogens is 218 g/mol. The molecule has 0 saturated carbocycles. The first kappa shape index (κ1) is 12.0. The lowest BCUT2D eigenvalue weighted by molar-refractivity contribution is 0.597. The Morgan fingerprint density at radius 2 is 2.50 bits per heavy atom. The number of hydrogen-bond acceptors (Lipinski definition) is 3. The van der Waals surface area contributed by atoms with Crippen LogP contribution in [0.25, 0.3) is 0 Å². The van der Waals surface area contributed by atoms with Crippen LogP contribution < -0.4 is 5.32 Å². The van der Waals surface area contributed by atoms with Crippen LogP contribution in [0.2, 0.25) is 0 Å². The van der Waals surface area contributed by atoms with Crippen LogP contribution in [0.4, 0.5) is 0 Å². The van der Waals surface area contributed by atoms with Crippen LogP contribution in [0.1, 0.15) is 31.7 Å². The molecule has 0 radical (unpaired) electrons. The number of aryl methyl sites for hydroxylation is 1. The van der Waals surface area contributed by atoms with Gasteiger partial charge in [-0.25, -0.2) is 0 Å². The first-order valence-corrected chi connectivity index (χ1v) is 7.27. The van der Waals surface area contributed by atoms with Gasteiger partial charge in [0, 0.05) is 36.6 Å². The summed E-state index contributed by atoms with van der Waals surface area (Å²) in [6.45, 7) is 5.17. The number of nitrogens with zero attached hydrogens (tertiary/aromatic N) is 2. The summed E-state index contributed by atoms with van der Waals surface area (Å²) in [5.74, 6) is 1.35. The van der Waals surface area contributed by atoms with Gasteiger partial charge in [-0.1, -0.05) is 6.42 Å². The number of rotatable bonds is 5. The molecule has 0 amide bonds. The van der Waals surface area contributed by atoms with Crippen molar-refractivity contribution in [2.24, 2.45) is 0 Å². The molecule has 4 heteroatoms. The summed E-state index contributed by atoms with van der Waals surface area (Å²) in [5, 5.41) is 8.63. The Kier molecular flexibility index (Phi) is 4.72. The van der Waals surface area contributed by atoms with Gasteiger partial charge in [0.15, 0.2) is 0 Å². The van der Waals surface area contributed by atoms with Crippen LogP contribution in [0.5, 0.6) is 0 Å². The molecule has 3 nitrogen and oxygen atoms in total. The molecule has 1 atom stereocenters. The van der Waals surface area contributed by atoms with Crippen molar-refractivity contribution in [1.29, 1.82) is 0 Å². The molecule has 2 heterocycles. The topological polar surface area (TPSA) is 29.9 Å². The molecule has 1 saturated heterocycles. The van der Waals surface area contributed by atoms with Crippen LogP contribution in [0, 0.1) is 0 Å². The van der Waals surface area contributed by atoms with E-state index in [0.29, 0.717) is 0 Å². The van der Waals surface area contributed by atoms with E-state index in [1.807, 2.05) is 10.9 Å². The second-order valence-corrected chi connectivity index (χ2v) is 5.73. The molecule has 1 unspecified atom stereocenters. The fourth-order valence-electron chi connectivity index (χ4n) is 2.02. The van der Waals surface area contributed by atoms with Gasteiger partial charge in [0.2, 0.25) is 0 Å². The van der Waals surface area contributed by atoms with Crippen LogP contribution in [0.3, 0.4) is 0 Å². The summed E-state index contributed by atoms with van der Waals surface area (Å²) in [5.41, 5.74) is 1.29. The Labute approximate surface area is 102 Å². The van der Waals surface area contributed by atoms with E-state index in [9.17, 15) is 0 Å². The Bertz CT molecular complexity index is 305. The lowest BCUT2D eigenvalue weighted by atomic mass is 10.2. The van der Waals surface area contributed by atoms with Crippen molar-refractivity contribution in [2.75, 3.05) is 12.3 Å². The maximum Gasteiger partial charge on any atom is 0.0534 e. The molecule has 0 aliphatic carbocycles. The van der Waals surface area contributed by atoms with E-state index in [-0.39, 0.29) is 0 Å². The molecule has 0 aromatic carbocycles. The molecule has 1 aromatic rings. The smallest absolute Gasteiger partial charge is 0.0534 e. The molecule has 0 bridgehead atoms. The molecule has 1 fully saturated rings. The van der Waals surface area contributed by atoms with Gasteiger partial charge >= 0.3 is 0 Å². The highest BCUT2D eigenvalue weighted by atomic mass is 32.2. The van der Waals surface area contributed by atoms with Crippen LogP contribution >= 0.6 is 11.8 Å². The van der Waals surface area contributed by atoms with Gasteiger partial charge in [0.1, 0.15) is 0 Å². The van der Waals surface area contributed by atoms with Crippen molar-refractivity contribution >= 4 is 11.8 Å². The zero-order chi connectivity index (χ0) is 11.2. The number of nitrogens with one attached hydrogen (secondary N) is 1. The highest BCUT2D eigenvalue weighted by Crippen LogP contribution is 2.24. The monoisotopic (exact) mass is 239 g/mol. The largest absolute Gasteiger partial charge is 0.311 e. The zero-order valence-corrected chi connectivity index (χ0v) is 10.8. The standard InChI is InChI=1S/C12H21N3S/c1-2-15-10-11(8-14-15)7-13-9-12-5-3-4-6-16-12/h8,10,12-13H,2-7,9H2,1H3. The second-order valence-electron chi connectivity index (χ2n) is 4.32. The molecule has 1 N–H and O–H groups in total. The molecule has 2 rings (SSSR count). The van der Waals surface area contributed by atoms with Gasteiger partial charge < -0.3 is 5.32 Å². The molecule has 1 aliphatic rings. The highest BCUT2D eigenvalue weighted by molar-refractivity contribution is 7.99. The van der Waals surface area contributed by atoms with Gasteiger partial charge in [-0.05, 0) is 25.5 Å². The van der Waals surface area contributed by atoms with E-state index in [1.54, 1.807) is 0 Å². The third-order valence-corrected chi connectivity index (χ3v) is 4.38. The minimum Gasteiger partial charge on any atom is -0.311 e. The lowest BCUT2D eigenvalue weighted by Crippen LogP contribution is -2.26. The van der Waals surface area contributed by atoms with Crippen molar-refractivity contribution in [1.82, 2.24) is 15.1 Å². The Morgan fingerprint density at radius 3 is 3.19 bits per heavy atom. The SMILES string of the molecule is CCn1cc(CNCC2CCCCS2)cn1. The summed E-state index contributed by atoms with van der Waals surface area (Å²) in [6.07, 6.45) is 8.29. The molecule has 1 aliphatic heterocycles. The first-order chi connectivity index (χ1) is 7.88. The summed E-state index contributed by atoms with van der Waals surface area (Å²) in [6, 6.07) is 0. The van der Waals surface area contributed by atoms with Gasteiger partial charge in [-0.15, -0.1) is 0 Å². The maximum atomic E-state index is 4.27. The molecule has 1 aromatic heterocycles. The van der Waals surface area contributed by atoms with E-state index in [0.717, 1.165) is 24.9 Å². The van der Waals surface area contributed by atoms with Crippen molar-refractivity contribution in [2.45, 2.75) is 44.5 Å². The van der Waals surface area contributed by atoms with E-state index in [2.05, 4.69) is 35.3 Å². The molecular formula is C12H21N3S. The van der Waals surface area contributed by atoms with Crippen molar-refractivity contribution < 1.29 is 0 Å². The van der Waals surface area contributed by atoms with E-state index in [1.165, 1.54) is 30.6 Å². The fourth-order valence-corrected chi connectivity index (χ4v) is 3.29. The van der Waals surface area contributed by atoms with E-state index >= 15 is 0 Å². The van der Waals surface area contributed by atoms with Gasteiger partial charge in [-0.3, -0.25) is 4.68 Å². The van der Waals surface area contributed by atoms with Gasteiger partial charge in [0.25, 0.3) is 0 Å². The average molecular weight is 239 g/mol. The number of thioether (sulfide) groups is 1. The average Bonchev–Trinajstić information content (AvgIpc) is 2.78. The van der Waals surface area contributed by atoms with Crippen LogP contribution in [-0.4, -0.2) is 27.3 Å². The highest BCUT2D eigenvalue weighted by Gasteiger charge is 2.12. The molecule has 90 valence electrons. The van der Waals surface area contributed by atoms with Gasteiger partial charge in [0.05, 0.1) is 6.20 Å². The van der Waals surface area contributed by atoms with Gasteiger partial charge in [-0.2, -0.15) is 16.9 Å². The minimum absolute atomic E-state index is 0.829. The van der Waals surface area contributed by atoms with E-state index < -0.39 is 0 Å². The predicted molar refractivity (Wildman–Crippen MR) is 69.7 cm³/mol. The fraction of sp³-hybridized carbons (Fsp3) is 0.750. The molecule has 0 spiro atoms. The first-order valence-electron chi connectivity index (χ1n) is 6.22. The zero-order valence-electron chi connectivity index (χ0n) is 9.98. The van der Waals surface area contributed by atoms with Crippen molar-refractivity contribution in [3.05, 3.63) is 18.0 Å². The van der Waals surface area contributed by atoms with Crippen LogP contribution in [0.15, 0.2) is 12.4 Å². The normalized spacial score (nSPS) is 21.2. The summed E-state index contributed by atoms with van der Waals surface area (Å²) < 4.78 is 1.98. The molecule has 16 heavy (non-hydrogen) atoms. The Hall–Kier alpha value is -0.480. The van der Waals surface area contributed by atoms with E-state index in [4.69, 9.17) is 0 Å². The Morgan fingerprint density at radius 1 is 1.56 bits per heavy atom. The minimum atomic E-state index is 0.829. The lowest BCUT2D eigenvalue weighted by Gasteiger charge is -2.21. The predicted octanol–water partition coefficient (Wildman–Crippen LogP) is 2.28. The maximum absolute atomic E-state index is 4.27. The summed E-state index contributed by atoms with van der Waals surface area (Å²) in [4.78, 5) is 0. The third kappa shape index (κ3) is 3.52. The third-order valence-electron chi connectivity index (χ3n) is 2.99. The second kappa shape index (κ2) is 6.30. The number of hydrogen-bond donors (Lipinski definition) is 1. The van der Waals surface area contributed by atoms with Crippen molar-refractivity contribution in [3.63, 3.8) is 0 Å². The Balaban J connectivity index is 1.66. The summed E-state index contributed by atoms with van der Waals surface area (Å²) >= 11 is 2.12.